The van der Waals surface area contributed by atoms with Gasteiger partial charge in [-0.25, -0.2) is 0 Å². The molecule has 1 N–H and O–H groups in total. The Balaban J connectivity index is 0.000000786. The Morgan fingerprint density at radius 3 is 2.06 bits per heavy atom. The molecular formula is C32H51N. The van der Waals surface area contributed by atoms with Gasteiger partial charge in [-0.05, 0) is 68.2 Å². The first-order valence-corrected chi connectivity index (χ1v) is 13.1. The normalized spacial score (nSPS) is 9.76. The van der Waals surface area contributed by atoms with Crippen LogP contribution in [0, 0.1) is 6.92 Å². The lowest BCUT2D eigenvalue weighted by atomic mass is 10.0. The zero-order valence-corrected chi connectivity index (χ0v) is 22.6. The van der Waals surface area contributed by atoms with Crippen LogP contribution in [0.25, 0.3) is 0 Å². The van der Waals surface area contributed by atoms with E-state index in [0.29, 0.717) is 0 Å². The van der Waals surface area contributed by atoms with Gasteiger partial charge in [0.25, 0.3) is 0 Å². The third-order valence-corrected chi connectivity index (χ3v) is 5.48. The molecule has 0 aliphatic heterocycles. The summed E-state index contributed by atoms with van der Waals surface area (Å²) in [5, 5.41) is 3.45. The van der Waals surface area contributed by atoms with E-state index in [1.807, 2.05) is 13.8 Å². The number of hydrogen-bond donors (Lipinski definition) is 1. The van der Waals surface area contributed by atoms with Crippen LogP contribution in [0.2, 0.25) is 0 Å². The van der Waals surface area contributed by atoms with Crippen molar-refractivity contribution < 1.29 is 0 Å². The van der Waals surface area contributed by atoms with Crippen LogP contribution < -0.4 is 5.32 Å². The van der Waals surface area contributed by atoms with E-state index in [1.54, 1.807) is 0 Å². The minimum atomic E-state index is 0.862. The number of rotatable bonds is 13. The molecule has 0 heterocycles. The highest BCUT2D eigenvalue weighted by Crippen LogP contribution is 2.14. The SMILES string of the molecule is C=C(C)CCCCCC.C=C(CCc1ccccc1)NCc1ccc(CCC)c(C)c1.CC. The second kappa shape index (κ2) is 20.3. The summed E-state index contributed by atoms with van der Waals surface area (Å²) in [6, 6.07) is 17.4. The molecule has 2 aromatic carbocycles. The molecule has 0 radical (unpaired) electrons. The van der Waals surface area contributed by atoms with Crippen LogP contribution in [-0.2, 0) is 19.4 Å². The molecule has 0 atom stereocenters. The fraction of sp³-hybridized carbons (Fsp3) is 0.500. The molecule has 184 valence electrons. The van der Waals surface area contributed by atoms with Crippen molar-refractivity contribution in [1.29, 1.82) is 0 Å². The van der Waals surface area contributed by atoms with Crippen molar-refractivity contribution in [1.82, 2.24) is 5.32 Å². The summed E-state index contributed by atoms with van der Waals surface area (Å²) in [6.45, 7) is 21.6. The summed E-state index contributed by atoms with van der Waals surface area (Å²) in [7, 11) is 0. The maximum atomic E-state index is 4.14. The molecule has 1 heteroatoms. The molecule has 2 aromatic rings. The lowest BCUT2D eigenvalue weighted by Crippen LogP contribution is -2.12. The van der Waals surface area contributed by atoms with E-state index in [-0.39, 0.29) is 0 Å². The Morgan fingerprint density at radius 1 is 0.788 bits per heavy atom. The Morgan fingerprint density at radius 2 is 1.48 bits per heavy atom. The maximum absolute atomic E-state index is 4.14. The minimum Gasteiger partial charge on any atom is -0.385 e. The van der Waals surface area contributed by atoms with Gasteiger partial charge in [-0.1, -0.05) is 114 Å². The quantitative estimate of drug-likeness (QED) is 0.237. The lowest BCUT2D eigenvalue weighted by molar-refractivity contribution is 0.665. The van der Waals surface area contributed by atoms with Crippen LogP contribution in [0.5, 0.6) is 0 Å². The number of unbranched alkanes of at least 4 members (excludes halogenated alkanes) is 3. The molecule has 33 heavy (non-hydrogen) atoms. The van der Waals surface area contributed by atoms with E-state index in [0.717, 1.165) is 25.1 Å². The first-order valence-electron chi connectivity index (χ1n) is 13.1. The molecule has 0 spiro atoms. The lowest BCUT2D eigenvalue weighted by Gasteiger charge is -2.12. The highest BCUT2D eigenvalue weighted by molar-refractivity contribution is 5.31. The van der Waals surface area contributed by atoms with E-state index in [4.69, 9.17) is 0 Å². The summed E-state index contributed by atoms with van der Waals surface area (Å²) in [6.07, 6.45) is 11.0. The zero-order valence-electron chi connectivity index (χ0n) is 22.6. The standard InChI is InChI=1S/C21H27N.C9H18.C2H6/c1-4-8-21-14-13-20(15-17(21)2)16-22-18(3)11-12-19-9-6-5-7-10-19;1-4-5-6-7-8-9(2)3;1-2/h5-7,9-10,13-15,22H,3-4,8,11-12,16H2,1-2H3;2,4-8H2,1,3H3;1-2H3. The molecule has 0 aromatic heterocycles. The van der Waals surface area contributed by atoms with E-state index in [1.165, 1.54) is 72.8 Å². The summed E-state index contributed by atoms with van der Waals surface area (Å²) >= 11 is 0. The molecule has 0 aliphatic carbocycles. The largest absolute Gasteiger partial charge is 0.385 e. The predicted molar refractivity (Wildman–Crippen MR) is 151 cm³/mol. The summed E-state index contributed by atoms with van der Waals surface area (Å²) in [5.41, 5.74) is 8.00. The van der Waals surface area contributed by atoms with E-state index < -0.39 is 0 Å². The van der Waals surface area contributed by atoms with Gasteiger partial charge in [-0.3, -0.25) is 0 Å². The Kier molecular flexibility index (Phi) is 18.9. The van der Waals surface area contributed by atoms with Gasteiger partial charge in [0, 0.05) is 12.2 Å². The van der Waals surface area contributed by atoms with Crippen LogP contribution in [0.4, 0.5) is 0 Å². The maximum Gasteiger partial charge on any atom is 0.0397 e. The topological polar surface area (TPSA) is 12.0 Å². The van der Waals surface area contributed by atoms with Gasteiger partial charge in [0.05, 0.1) is 0 Å². The van der Waals surface area contributed by atoms with Gasteiger partial charge in [-0.2, -0.15) is 0 Å². The van der Waals surface area contributed by atoms with Crippen molar-refractivity contribution in [2.75, 3.05) is 0 Å². The van der Waals surface area contributed by atoms with Crippen molar-refractivity contribution >= 4 is 0 Å². The second-order valence-corrected chi connectivity index (χ2v) is 8.72. The van der Waals surface area contributed by atoms with Crippen LogP contribution in [0.15, 0.2) is 73.0 Å². The zero-order chi connectivity index (χ0) is 24.9. The third-order valence-electron chi connectivity index (χ3n) is 5.48. The second-order valence-electron chi connectivity index (χ2n) is 8.72. The van der Waals surface area contributed by atoms with Gasteiger partial charge < -0.3 is 5.32 Å². The fourth-order valence-electron chi connectivity index (χ4n) is 3.53. The van der Waals surface area contributed by atoms with Crippen molar-refractivity contribution in [2.45, 2.75) is 106 Å². The number of aryl methyl sites for hydroxylation is 3. The van der Waals surface area contributed by atoms with Crippen molar-refractivity contribution in [3.05, 3.63) is 95.2 Å². The Bertz CT molecular complexity index is 757. The van der Waals surface area contributed by atoms with Gasteiger partial charge >= 0.3 is 0 Å². The van der Waals surface area contributed by atoms with Gasteiger partial charge in [-0.15, -0.1) is 6.58 Å². The van der Waals surface area contributed by atoms with E-state index in [2.05, 4.69) is 94.7 Å². The number of hydrogen-bond acceptors (Lipinski definition) is 1. The predicted octanol–water partition coefficient (Wildman–Crippen LogP) is 9.74. The minimum absolute atomic E-state index is 0.862. The first kappa shape index (κ1) is 30.7. The van der Waals surface area contributed by atoms with Crippen molar-refractivity contribution in [3.63, 3.8) is 0 Å². The average Bonchev–Trinajstić information content (AvgIpc) is 2.83. The third kappa shape index (κ3) is 16.1. The molecule has 2 rings (SSSR count). The molecule has 0 bridgehead atoms. The summed E-state index contributed by atoms with van der Waals surface area (Å²) in [5.74, 6) is 0. The molecular weight excluding hydrogens is 398 g/mol. The summed E-state index contributed by atoms with van der Waals surface area (Å²) < 4.78 is 0. The number of nitrogens with one attached hydrogen (secondary N) is 1. The van der Waals surface area contributed by atoms with E-state index in [9.17, 15) is 0 Å². The highest BCUT2D eigenvalue weighted by atomic mass is 14.9. The van der Waals surface area contributed by atoms with E-state index >= 15 is 0 Å². The highest BCUT2D eigenvalue weighted by Gasteiger charge is 2.01. The summed E-state index contributed by atoms with van der Waals surface area (Å²) in [4.78, 5) is 0. The molecule has 0 aliphatic rings. The van der Waals surface area contributed by atoms with Gasteiger partial charge in [0.1, 0.15) is 0 Å². The van der Waals surface area contributed by atoms with Crippen molar-refractivity contribution in [3.8, 4) is 0 Å². The van der Waals surface area contributed by atoms with Gasteiger partial charge in [0.2, 0.25) is 0 Å². The smallest absolute Gasteiger partial charge is 0.0397 e. The monoisotopic (exact) mass is 449 g/mol. The molecule has 0 unspecified atom stereocenters. The number of benzene rings is 2. The molecule has 0 fully saturated rings. The van der Waals surface area contributed by atoms with Crippen LogP contribution in [0.1, 0.15) is 102 Å². The Hall–Kier alpha value is -2.28. The molecule has 1 nitrogen and oxygen atoms in total. The first-order chi connectivity index (χ1) is 16.0. The molecule has 0 saturated carbocycles. The van der Waals surface area contributed by atoms with Crippen LogP contribution in [0.3, 0.4) is 0 Å². The average molecular weight is 450 g/mol. The molecule has 0 amide bonds. The van der Waals surface area contributed by atoms with Crippen LogP contribution in [-0.4, -0.2) is 0 Å². The van der Waals surface area contributed by atoms with Crippen molar-refractivity contribution in [2.24, 2.45) is 0 Å². The number of allylic oxidation sites excluding steroid dienone is 2. The van der Waals surface area contributed by atoms with Gasteiger partial charge in [0.15, 0.2) is 0 Å². The van der Waals surface area contributed by atoms with Crippen LogP contribution >= 0.6 is 0 Å². The fourth-order valence-corrected chi connectivity index (χ4v) is 3.53. The Labute approximate surface area is 206 Å². The molecule has 0 saturated heterocycles.